The topological polar surface area (TPSA) is 99.8 Å². The molecule has 1 fully saturated rings. The van der Waals surface area contributed by atoms with Crippen LogP contribution in [0.4, 0.5) is 11.4 Å². The highest BCUT2D eigenvalue weighted by Gasteiger charge is 2.22. The molecule has 1 unspecified atom stereocenters. The molecule has 0 spiro atoms. The molecule has 1 aliphatic rings. The SMILES string of the molecule is CCC(C)NC(=O)c1ccc(N2CCNCC2)c(NS(=O)(=O)c2cccc(OC)c2)c1. The number of piperazine rings is 1. The fourth-order valence-corrected chi connectivity index (χ4v) is 4.42. The predicted molar refractivity (Wildman–Crippen MR) is 123 cm³/mol. The maximum absolute atomic E-state index is 13.1. The van der Waals surface area contributed by atoms with Gasteiger partial charge in [0.05, 0.1) is 23.4 Å². The van der Waals surface area contributed by atoms with Gasteiger partial charge in [0.2, 0.25) is 0 Å². The highest BCUT2D eigenvalue weighted by Crippen LogP contribution is 2.30. The smallest absolute Gasteiger partial charge is 0.262 e. The third-order valence-electron chi connectivity index (χ3n) is 5.30. The Labute approximate surface area is 184 Å². The molecule has 2 aromatic rings. The summed E-state index contributed by atoms with van der Waals surface area (Å²) in [7, 11) is -2.39. The number of ether oxygens (including phenoxy) is 1. The molecule has 1 saturated heterocycles. The van der Waals surface area contributed by atoms with E-state index >= 15 is 0 Å². The molecule has 168 valence electrons. The number of amides is 1. The Hall–Kier alpha value is -2.78. The maximum atomic E-state index is 13.1. The number of carbonyl (C=O) groups is 1. The molecule has 3 rings (SSSR count). The summed E-state index contributed by atoms with van der Waals surface area (Å²) >= 11 is 0. The minimum Gasteiger partial charge on any atom is -0.497 e. The van der Waals surface area contributed by atoms with Gasteiger partial charge < -0.3 is 20.3 Å². The van der Waals surface area contributed by atoms with Gasteiger partial charge in [0.1, 0.15) is 5.75 Å². The minimum absolute atomic E-state index is 0.0253. The van der Waals surface area contributed by atoms with Gasteiger partial charge in [-0.2, -0.15) is 0 Å². The normalized spacial score (nSPS) is 15.3. The number of carbonyl (C=O) groups excluding carboxylic acids is 1. The van der Waals surface area contributed by atoms with Gasteiger partial charge in [0, 0.05) is 43.9 Å². The van der Waals surface area contributed by atoms with Crippen LogP contribution >= 0.6 is 0 Å². The van der Waals surface area contributed by atoms with Crippen LogP contribution in [0, 0.1) is 0 Å². The second-order valence-electron chi connectivity index (χ2n) is 7.54. The van der Waals surface area contributed by atoms with Crippen LogP contribution < -0.4 is 25.0 Å². The second-order valence-corrected chi connectivity index (χ2v) is 9.22. The number of sulfonamides is 1. The molecule has 8 nitrogen and oxygen atoms in total. The number of rotatable bonds is 8. The zero-order valence-electron chi connectivity index (χ0n) is 18.1. The number of nitrogens with zero attached hydrogens (tertiary/aromatic N) is 1. The van der Waals surface area contributed by atoms with Gasteiger partial charge in [0.15, 0.2) is 0 Å². The zero-order valence-corrected chi connectivity index (χ0v) is 19.0. The summed E-state index contributed by atoms with van der Waals surface area (Å²) in [6.07, 6.45) is 0.805. The Morgan fingerprint density at radius 3 is 2.61 bits per heavy atom. The van der Waals surface area contributed by atoms with Crippen LogP contribution in [0.15, 0.2) is 47.4 Å². The number of nitrogens with one attached hydrogen (secondary N) is 3. The average Bonchev–Trinajstić information content (AvgIpc) is 2.79. The van der Waals surface area contributed by atoms with Crippen LogP contribution in [-0.2, 0) is 10.0 Å². The van der Waals surface area contributed by atoms with Crippen molar-refractivity contribution in [3.8, 4) is 5.75 Å². The zero-order chi connectivity index (χ0) is 22.4. The van der Waals surface area contributed by atoms with E-state index < -0.39 is 10.0 Å². The molecule has 2 aromatic carbocycles. The monoisotopic (exact) mass is 446 g/mol. The van der Waals surface area contributed by atoms with E-state index in [1.807, 2.05) is 13.8 Å². The van der Waals surface area contributed by atoms with Gasteiger partial charge in [-0.3, -0.25) is 9.52 Å². The van der Waals surface area contributed by atoms with Crippen molar-refractivity contribution < 1.29 is 17.9 Å². The van der Waals surface area contributed by atoms with Crippen molar-refractivity contribution in [2.75, 3.05) is 42.9 Å². The van der Waals surface area contributed by atoms with Gasteiger partial charge in [-0.15, -0.1) is 0 Å². The molecule has 0 radical (unpaired) electrons. The third kappa shape index (κ3) is 5.68. The molecule has 9 heteroatoms. The molecule has 1 atom stereocenters. The van der Waals surface area contributed by atoms with Crippen molar-refractivity contribution in [1.82, 2.24) is 10.6 Å². The van der Waals surface area contributed by atoms with Crippen molar-refractivity contribution in [1.29, 1.82) is 0 Å². The molecule has 0 aliphatic carbocycles. The lowest BCUT2D eigenvalue weighted by molar-refractivity contribution is 0.0939. The molecular weight excluding hydrogens is 416 g/mol. The number of hydrogen-bond acceptors (Lipinski definition) is 6. The summed E-state index contributed by atoms with van der Waals surface area (Å²) in [5.41, 5.74) is 1.53. The standard InChI is InChI=1S/C22H30N4O4S/c1-4-16(2)24-22(27)17-8-9-21(26-12-10-23-11-13-26)20(14-17)25-31(28,29)19-7-5-6-18(15-19)30-3/h5-9,14-16,23,25H,4,10-13H2,1-3H3,(H,24,27). The molecule has 0 bridgehead atoms. The lowest BCUT2D eigenvalue weighted by Gasteiger charge is -2.31. The van der Waals surface area contributed by atoms with E-state index in [1.165, 1.54) is 19.2 Å². The average molecular weight is 447 g/mol. The first-order chi connectivity index (χ1) is 14.8. The number of hydrogen-bond donors (Lipinski definition) is 3. The third-order valence-corrected chi connectivity index (χ3v) is 6.67. The summed E-state index contributed by atoms with van der Waals surface area (Å²) in [5.74, 6) is 0.218. The minimum atomic E-state index is -3.88. The van der Waals surface area contributed by atoms with E-state index in [0.717, 1.165) is 38.3 Å². The van der Waals surface area contributed by atoms with Crippen molar-refractivity contribution in [2.45, 2.75) is 31.2 Å². The molecule has 3 N–H and O–H groups in total. The molecular formula is C22H30N4O4S. The largest absolute Gasteiger partial charge is 0.497 e. The van der Waals surface area contributed by atoms with Crippen LogP contribution in [0.2, 0.25) is 0 Å². The van der Waals surface area contributed by atoms with E-state index in [1.54, 1.807) is 30.3 Å². The fraction of sp³-hybridized carbons (Fsp3) is 0.409. The number of benzene rings is 2. The Bertz CT molecular complexity index is 1020. The van der Waals surface area contributed by atoms with Crippen LogP contribution in [0.25, 0.3) is 0 Å². The summed E-state index contributed by atoms with van der Waals surface area (Å²) in [6.45, 7) is 7.01. The van der Waals surface area contributed by atoms with E-state index in [0.29, 0.717) is 17.0 Å². The lowest BCUT2D eigenvalue weighted by Crippen LogP contribution is -2.43. The van der Waals surface area contributed by atoms with E-state index in [4.69, 9.17) is 4.74 Å². The molecule has 0 saturated carbocycles. The molecule has 0 aromatic heterocycles. The Balaban J connectivity index is 1.97. The van der Waals surface area contributed by atoms with E-state index in [2.05, 4.69) is 20.3 Å². The highest BCUT2D eigenvalue weighted by molar-refractivity contribution is 7.92. The molecule has 31 heavy (non-hydrogen) atoms. The van der Waals surface area contributed by atoms with Crippen molar-refractivity contribution >= 4 is 27.3 Å². The van der Waals surface area contributed by atoms with Gasteiger partial charge in [-0.1, -0.05) is 13.0 Å². The molecule has 1 aliphatic heterocycles. The second kappa shape index (κ2) is 10.0. The summed E-state index contributed by atoms with van der Waals surface area (Å²) in [5, 5.41) is 6.22. The quantitative estimate of drug-likeness (QED) is 0.576. The van der Waals surface area contributed by atoms with Gasteiger partial charge in [-0.25, -0.2) is 8.42 Å². The Morgan fingerprint density at radius 2 is 1.94 bits per heavy atom. The van der Waals surface area contributed by atoms with Gasteiger partial charge in [-0.05, 0) is 43.7 Å². The van der Waals surface area contributed by atoms with Crippen molar-refractivity contribution in [2.24, 2.45) is 0 Å². The first-order valence-corrected chi connectivity index (χ1v) is 11.9. The summed E-state index contributed by atoms with van der Waals surface area (Å²) in [4.78, 5) is 14.8. The Kier molecular flexibility index (Phi) is 7.40. The molecule has 1 amide bonds. The lowest BCUT2D eigenvalue weighted by atomic mass is 10.1. The molecule has 1 heterocycles. The van der Waals surface area contributed by atoms with Crippen molar-refractivity contribution in [3.05, 3.63) is 48.0 Å². The van der Waals surface area contributed by atoms with Crippen LogP contribution in [0.5, 0.6) is 5.75 Å². The first-order valence-electron chi connectivity index (χ1n) is 10.4. The van der Waals surface area contributed by atoms with Crippen LogP contribution in [0.3, 0.4) is 0 Å². The van der Waals surface area contributed by atoms with E-state index in [9.17, 15) is 13.2 Å². The van der Waals surface area contributed by atoms with E-state index in [-0.39, 0.29) is 16.8 Å². The summed E-state index contributed by atoms with van der Waals surface area (Å²) < 4.78 is 34.1. The highest BCUT2D eigenvalue weighted by atomic mass is 32.2. The number of methoxy groups -OCH3 is 1. The van der Waals surface area contributed by atoms with Crippen molar-refractivity contribution in [3.63, 3.8) is 0 Å². The van der Waals surface area contributed by atoms with Gasteiger partial charge >= 0.3 is 0 Å². The predicted octanol–water partition coefficient (Wildman–Crippen LogP) is 2.43. The van der Waals surface area contributed by atoms with Crippen LogP contribution in [0.1, 0.15) is 30.6 Å². The maximum Gasteiger partial charge on any atom is 0.262 e. The van der Waals surface area contributed by atoms with Crippen LogP contribution in [-0.4, -0.2) is 53.7 Å². The Morgan fingerprint density at radius 1 is 1.19 bits per heavy atom. The van der Waals surface area contributed by atoms with Gasteiger partial charge in [0.25, 0.3) is 15.9 Å². The fourth-order valence-electron chi connectivity index (χ4n) is 3.32. The first kappa shape index (κ1) is 22.9. The number of anilines is 2. The summed E-state index contributed by atoms with van der Waals surface area (Å²) in [6, 6.07) is 11.5.